The van der Waals surface area contributed by atoms with Crippen molar-refractivity contribution >= 4 is 15.9 Å². The zero-order chi connectivity index (χ0) is 28.7. The van der Waals surface area contributed by atoms with Gasteiger partial charge in [0.2, 0.25) is 15.9 Å². The second kappa shape index (κ2) is 10.9. The maximum absolute atomic E-state index is 13.5. The Bertz CT molecular complexity index is 1350. The van der Waals surface area contributed by atoms with E-state index in [4.69, 9.17) is 4.74 Å². The van der Waals surface area contributed by atoms with E-state index in [0.29, 0.717) is 12.6 Å². The summed E-state index contributed by atoms with van der Waals surface area (Å²) in [6.45, 7) is 5.28. The number of fused-ring (bicyclic) bond motifs is 2. The number of sulfonamides is 1. The third kappa shape index (κ3) is 6.13. The van der Waals surface area contributed by atoms with Gasteiger partial charge in [-0.3, -0.25) is 10.1 Å². The van der Waals surface area contributed by atoms with Gasteiger partial charge in [0.15, 0.2) is 12.0 Å². The molecule has 2 aliphatic heterocycles. The highest BCUT2D eigenvalue weighted by Gasteiger charge is 2.67. The number of amides is 1. The van der Waals surface area contributed by atoms with E-state index in [1.807, 2.05) is 0 Å². The van der Waals surface area contributed by atoms with Gasteiger partial charge in [0.05, 0.1) is 17.4 Å². The summed E-state index contributed by atoms with van der Waals surface area (Å²) >= 11 is 0. The Hall–Kier alpha value is -2.71. The fourth-order valence-electron chi connectivity index (χ4n) is 5.46. The zero-order valence-corrected chi connectivity index (χ0v) is 23.1. The van der Waals surface area contributed by atoms with E-state index in [2.05, 4.69) is 52.7 Å². The molecule has 2 fully saturated rings. The molecule has 0 saturated carbocycles. The lowest BCUT2D eigenvalue weighted by Crippen LogP contribution is -2.55. The molecule has 0 radical (unpaired) electrons. The van der Waals surface area contributed by atoms with Crippen LogP contribution in [-0.2, 0) is 32.5 Å². The average molecular weight is 583 g/mol. The molecule has 2 unspecified atom stereocenters. The summed E-state index contributed by atoms with van der Waals surface area (Å²) < 4.78 is 75.3. The van der Waals surface area contributed by atoms with Gasteiger partial charge < -0.3 is 20.1 Å². The summed E-state index contributed by atoms with van der Waals surface area (Å²) in [5.41, 5.74) is 2.03. The summed E-state index contributed by atoms with van der Waals surface area (Å²) in [5.74, 6) is -0.874. The fourth-order valence-corrected chi connectivity index (χ4v) is 7.14. The second-order valence-corrected chi connectivity index (χ2v) is 12.5. The fraction of sp³-hybridized carbons (Fsp3) is 0.519. The van der Waals surface area contributed by atoms with Crippen LogP contribution in [0.3, 0.4) is 0 Å². The topological polar surface area (TPSA) is 112 Å². The minimum Gasteiger partial charge on any atom is -0.406 e. The third-order valence-corrected chi connectivity index (χ3v) is 9.31. The smallest absolute Gasteiger partial charge is 0.406 e. The Morgan fingerprint density at radius 3 is 2.67 bits per heavy atom. The third-order valence-electron chi connectivity index (χ3n) is 7.37. The summed E-state index contributed by atoms with van der Waals surface area (Å²) in [7, 11) is -4.19. The van der Waals surface area contributed by atoms with Crippen molar-refractivity contribution in [2.45, 2.75) is 81.4 Å². The second-order valence-electron chi connectivity index (χ2n) is 10.7. The van der Waals surface area contributed by atoms with Crippen LogP contribution in [0.1, 0.15) is 55.8 Å². The Labute approximate surface area is 231 Å². The number of carbonyl (C=O) groups excluding carboxylic acids is 1. The van der Waals surface area contributed by atoms with E-state index in [-0.39, 0.29) is 29.8 Å². The number of carbonyl (C=O) groups is 1. The Morgan fingerprint density at radius 2 is 1.98 bits per heavy atom. The summed E-state index contributed by atoms with van der Waals surface area (Å²) in [6, 6.07) is 10.4. The number of aryl methyl sites for hydroxylation is 1. The highest BCUT2D eigenvalue weighted by Crippen LogP contribution is 2.46. The van der Waals surface area contributed by atoms with E-state index in [1.165, 1.54) is 11.1 Å². The minimum absolute atomic E-state index is 0.0341. The van der Waals surface area contributed by atoms with E-state index >= 15 is 0 Å². The minimum atomic E-state index is -4.89. The number of nitrogens with one attached hydrogen (secondary N) is 3. The van der Waals surface area contributed by atoms with Crippen LogP contribution in [0.4, 0.5) is 13.2 Å². The number of nitrogens with zero attached hydrogens (tertiary/aromatic N) is 1. The number of halogens is 3. The van der Waals surface area contributed by atoms with Crippen LogP contribution in [0.2, 0.25) is 0 Å². The number of hydrogen-bond donors (Lipinski definition) is 3. The van der Waals surface area contributed by atoms with Crippen LogP contribution in [0, 0.1) is 0 Å². The lowest BCUT2D eigenvalue weighted by Gasteiger charge is -2.32. The van der Waals surface area contributed by atoms with Crippen LogP contribution >= 0.6 is 0 Å². The molecule has 40 heavy (non-hydrogen) atoms. The summed E-state index contributed by atoms with van der Waals surface area (Å²) in [6.07, 6.45) is -3.16. The van der Waals surface area contributed by atoms with Crippen LogP contribution in [0.25, 0.3) is 0 Å². The van der Waals surface area contributed by atoms with E-state index in [9.17, 15) is 26.4 Å². The normalized spacial score (nSPS) is 24.8. The number of alkyl halides is 3. The zero-order valence-electron chi connectivity index (χ0n) is 22.3. The van der Waals surface area contributed by atoms with E-state index in [1.54, 1.807) is 0 Å². The molecular formula is C27H33F3N4O5S. The largest absolute Gasteiger partial charge is 0.573 e. The van der Waals surface area contributed by atoms with E-state index < -0.39 is 34.1 Å². The number of hydrogen-bond acceptors (Lipinski definition) is 7. The monoisotopic (exact) mass is 582 g/mol. The van der Waals surface area contributed by atoms with E-state index in [0.717, 1.165) is 59.9 Å². The predicted octanol–water partition coefficient (Wildman–Crippen LogP) is 3.31. The van der Waals surface area contributed by atoms with Crippen molar-refractivity contribution in [3.63, 3.8) is 0 Å². The molecule has 2 aromatic carbocycles. The molecule has 9 nitrogen and oxygen atoms in total. The number of ether oxygens (including phenoxy) is 2. The molecule has 3 atom stereocenters. The van der Waals surface area contributed by atoms with Crippen molar-refractivity contribution in [1.29, 1.82) is 0 Å². The molecule has 1 aliphatic carbocycles. The molecule has 0 aromatic heterocycles. The van der Waals surface area contributed by atoms with Crippen molar-refractivity contribution in [2.24, 2.45) is 0 Å². The first-order valence-electron chi connectivity index (χ1n) is 13.3. The van der Waals surface area contributed by atoms with Gasteiger partial charge in [0, 0.05) is 25.7 Å². The molecule has 2 aromatic rings. The highest BCUT2D eigenvalue weighted by molar-refractivity contribution is 7.89. The molecule has 218 valence electrons. The Balaban J connectivity index is 1.29. The van der Waals surface area contributed by atoms with Gasteiger partial charge in [-0.15, -0.1) is 13.2 Å². The van der Waals surface area contributed by atoms with Crippen LogP contribution in [0.5, 0.6) is 5.75 Å². The number of epoxide rings is 1. The van der Waals surface area contributed by atoms with Gasteiger partial charge in [0.25, 0.3) is 0 Å². The SMILES string of the molecule is CC(C)NCc1ccc2c(c1)CCC[C@H]2NC(=O)CC12OC1NCCN2S(=O)(=O)c1ccc(OC(F)(F)F)cc1. The van der Waals surface area contributed by atoms with Crippen molar-refractivity contribution in [3.05, 3.63) is 59.2 Å². The average Bonchev–Trinajstić information content (AvgIpc) is 3.60. The van der Waals surface area contributed by atoms with Crippen molar-refractivity contribution < 1.29 is 35.9 Å². The van der Waals surface area contributed by atoms with Gasteiger partial charge >= 0.3 is 6.36 Å². The van der Waals surface area contributed by atoms with Gasteiger partial charge in [-0.05, 0) is 60.2 Å². The van der Waals surface area contributed by atoms with Gasteiger partial charge in [-0.1, -0.05) is 32.0 Å². The maximum Gasteiger partial charge on any atom is 0.573 e. The standard InChI is InChI=1S/C27H33F3N4O5S/c1-17(2)32-16-18-6-11-22-19(14-18)4-3-5-23(22)33-24(35)15-26-25(39-26)31-12-13-34(26)40(36,37)21-9-7-20(8-10-21)38-27(28,29)30/h6-11,14,17,23,25,31-32H,3-5,12-13,15-16H2,1-2H3,(H,33,35)/t23-,25?,26?/m1/s1. The van der Waals surface area contributed by atoms with Crippen molar-refractivity contribution in [2.75, 3.05) is 13.1 Å². The Morgan fingerprint density at radius 1 is 1.23 bits per heavy atom. The molecule has 13 heteroatoms. The lowest BCUT2D eigenvalue weighted by molar-refractivity contribution is -0.274. The van der Waals surface area contributed by atoms with Crippen molar-refractivity contribution in [1.82, 2.24) is 20.3 Å². The molecule has 0 bridgehead atoms. The molecule has 0 spiro atoms. The highest BCUT2D eigenvalue weighted by atomic mass is 32.2. The van der Waals surface area contributed by atoms with Crippen LogP contribution < -0.4 is 20.7 Å². The number of rotatable bonds is 9. The molecule has 3 aliphatic rings. The Kier molecular flexibility index (Phi) is 7.87. The quantitative estimate of drug-likeness (QED) is 0.389. The molecule has 2 saturated heterocycles. The molecule has 3 N–H and O–H groups in total. The first-order chi connectivity index (χ1) is 18.9. The van der Waals surface area contributed by atoms with Gasteiger partial charge in [0.1, 0.15) is 5.75 Å². The number of benzene rings is 2. The maximum atomic E-state index is 13.5. The first-order valence-corrected chi connectivity index (χ1v) is 14.8. The summed E-state index contributed by atoms with van der Waals surface area (Å²) in [4.78, 5) is 13.1. The van der Waals surface area contributed by atoms with Gasteiger partial charge in [-0.25, -0.2) is 8.42 Å². The first kappa shape index (κ1) is 28.8. The van der Waals surface area contributed by atoms with Gasteiger partial charge in [-0.2, -0.15) is 4.31 Å². The van der Waals surface area contributed by atoms with Crippen LogP contribution in [-0.4, -0.2) is 56.1 Å². The summed E-state index contributed by atoms with van der Waals surface area (Å²) in [5, 5.41) is 9.57. The molecule has 1 amide bonds. The predicted molar refractivity (Wildman–Crippen MR) is 139 cm³/mol. The van der Waals surface area contributed by atoms with Crippen molar-refractivity contribution in [3.8, 4) is 5.75 Å². The number of piperazine rings is 1. The lowest BCUT2D eigenvalue weighted by atomic mass is 9.86. The molecule has 2 heterocycles. The molecular weight excluding hydrogens is 549 g/mol. The van der Waals surface area contributed by atoms with Crippen LogP contribution in [0.15, 0.2) is 47.4 Å². The molecule has 5 rings (SSSR count).